The second-order valence-electron chi connectivity index (χ2n) is 3.99. The van der Waals surface area contributed by atoms with Crippen LogP contribution in [0.2, 0.25) is 0 Å². The minimum absolute atomic E-state index is 0.0145. The molecule has 0 aliphatic carbocycles. The van der Waals surface area contributed by atoms with E-state index in [1.807, 2.05) is 6.92 Å². The molecule has 6 heteroatoms. The van der Waals surface area contributed by atoms with Crippen LogP contribution in [0.3, 0.4) is 0 Å². The number of phenolic OH excluding ortho intramolecular Hbond substituents is 1. The standard InChI is InChI=1S/C13H12BrN3O2/c1-7-10(14)3-5-12(16-7)17-13(19)9-6-8(18)2-4-11(9)15/h2-6,18H,15H2,1H3,(H,16,17,19). The lowest BCUT2D eigenvalue weighted by atomic mass is 10.1. The third-order valence-electron chi connectivity index (χ3n) is 2.54. The molecule has 1 aromatic heterocycles. The van der Waals surface area contributed by atoms with Crippen molar-refractivity contribution >= 4 is 33.3 Å². The normalized spacial score (nSPS) is 10.2. The van der Waals surface area contributed by atoms with Gasteiger partial charge in [0.05, 0.1) is 11.3 Å². The van der Waals surface area contributed by atoms with Crippen LogP contribution in [-0.2, 0) is 0 Å². The fraction of sp³-hybridized carbons (Fsp3) is 0.0769. The van der Waals surface area contributed by atoms with Gasteiger partial charge in [-0.3, -0.25) is 4.79 Å². The van der Waals surface area contributed by atoms with Crippen LogP contribution in [0.25, 0.3) is 0 Å². The minimum Gasteiger partial charge on any atom is -0.508 e. The van der Waals surface area contributed by atoms with Crippen LogP contribution in [0, 0.1) is 6.92 Å². The van der Waals surface area contributed by atoms with Gasteiger partial charge >= 0.3 is 0 Å². The minimum atomic E-state index is -0.414. The molecule has 1 aromatic carbocycles. The van der Waals surface area contributed by atoms with Crippen molar-refractivity contribution in [3.8, 4) is 5.75 Å². The molecule has 5 nitrogen and oxygen atoms in total. The summed E-state index contributed by atoms with van der Waals surface area (Å²) in [7, 11) is 0. The van der Waals surface area contributed by atoms with Crippen LogP contribution >= 0.6 is 15.9 Å². The maximum atomic E-state index is 12.0. The monoisotopic (exact) mass is 321 g/mol. The number of aromatic nitrogens is 1. The van der Waals surface area contributed by atoms with Gasteiger partial charge in [-0.2, -0.15) is 0 Å². The number of nitrogen functional groups attached to an aromatic ring is 1. The predicted octanol–water partition coefficient (Wildman–Crippen LogP) is 2.69. The number of hydrogen-bond acceptors (Lipinski definition) is 4. The molecule has 0 aliphatic heterocycles. The Morgan fingerprint density at radius 3 is 2.79 bits per heavy atom. The van der Waals surface area contributed by atoms with Crippen molar-refractivity contribution in [3.63, 3.8) is 0 Å². The summed E-state index contributed by atoms with van der Waals surface area (Å²) >= 11 is 3.33. The molecule has 2 rings (SSSR count). The van der Waals surface area contributed by atoms with E-state index in [1.165, 1.54) is 18.2 Å². The first-order valence-electron chi connectivity index (χ1n) is 5.50. The van der Waals surface area contributed by atoms with Gasteiger partial charge in [-0.15, -0.1) is 0 Å². The predicted molar refractivity (Wildman–Crippen MR) is 77.1 cm³/mol. The maximum Gasteiger partial charge on any atom is 0.259 e. The van der Waals surface area contributed by atoms with E-state index in [4.69, 9.17) is 5.73 Å². The topological polar surface area (TPSA) is 88.2 Å². The Balaban J connectivity index is 2.25. The van der Waals surface area contributed by atoms with Gasteiger partial charge in [-0.25, -0.2) is 4.98 Å². The lowest BCUT2D eigenvalue weighted by molar-refractivity contribution is 0.102. The van der Waals surface area contributed by atoms with Crippen molar-refractivity contribution in [2.45, 2.75) is 6.92 Å². The number of aromatic hydroxyl groups is 1. The first-order valence-corrected chi connectivity index (χ1v) is 6.29. The second kappa shape index (κ2) is 5.27. The van der Waals surface area contributed by atoms with Crippen molar-refractivity contribution < 1.29 is 9.90 Å². The lowest BCUT2D eigenvalue weighted by Gasteiger charge is -2.08. The van der Waals surface area contributed by atoms with E-state index in [-0.39, 0.29) is 11.3 Å². The average molecular weight is 322 g/mol. The first kappa shape index (κ1) is 13.4. The van der Waals surface area contributed by atoms with Gasteiger partial charge in [-0.05, 0) is 53.2 Å². The van der Waals surface area contributed by atoms with E-state index in [0.29, 0.717) is 11.5 Å². The lowest BCUT2D eigenvalue weighted by Crippen LogP contribution is -2.15. The zero-order valence-corrected chi connectivity index (χ0v) is 11.7. The van der Waals surface area contributed by atoms with Crippen molar-refractivity contribution in [1.29, 1.82) is 0 Å². The highest BCUT2D eigenvalue weighted by atomic mass is 79.9. The summed E-state index contributed by atoms with van der Waals surface area (Å²) in [6, 6.07) is 7.69. The summed E-state index contributed by atoms with van der Waals surface area (Å²) < 4.78 is 0.863. The number of hydrogen-bond donors (Lipinski definition) is 3. The van der Waals surface area contributed by atoms with E-state index in [1.54, 1.807) is 12.1 Å². The molecule has 0 fully saturated rings. The van der Waals surface area contributed by atoms with Gasteiger partial charge in [0.25, 0.3) is 5.91 Å². The van der Waals surface area contributed by atoms with E-state index in [2.05, 4.69) is 26.2 Å². The fourth-order valence-corrected chi connectivity index (χ4v) is 1.76. The summed E-state index contributed by atoms with van der Waals surface area (Å²) in [6.07, 6.45) is 0. The molecule has 4 N–H and O–H groups in total. The molecule has 98 valence electrons. The number of carbonyl (C=O) groups is 1. The highest BCUT2D eigenvalue weighted by Crippen LogP contribution is 2.21. The summed E-state index contributed by atoms with van der Waals surface area (Å²) in [5, 5.41) is 12.0. The van der Waals surface area contributed by atoms with Crippen LogP contribution in [0.5, 0.6) is 5.75 Å². The molecule has 0 saturated carbocycles. The van der Waals surface area contributed by atoms with Crippen LogP contribution in [0.4, 0.5) is 11.5 Å². The molecule has 2 aromatic rings. The number of phenols is 1. The summed E-state index contributed by atoms with van der Waals surface area (Å²) in [6.45, 7) is 1.82. The van der Waals surface area contributed by atoms with E-state index < -0.39 is 5.91 Å². The Hall–Kier alpha value is -2.08. The van der Waals surface area contributed by atoms with E-state index >= 15 is 0 Å². The quantitative estimate of drug-likeness (QED) is 0.586. The molecule has 0 saturated heterocycles. The number of pyridine rings is 1. The number of nitrogens with zero attached hydrogens (tertiary/aromatic N) is 1. The molecular formula is C13H12BrN3O2. The van der Waals surface area contributed by atoms with E-state index in [9.17, 15) is 9.90 Å². The number of carbonyl (C=O) groups excluding carboxylic acids is 1. The van der Waals surface area contributed by atoms with Crippen LogP contribution in [-0.4, -0.2) is 16.0 Å². The van der Waals surface area contributed by atoms with E-state index in [0.717, 1.165) is 10.2 Å². The Morgan fingerprint density at radius 2 is 2.11 bits per heavy atom. The number of halogens is 1. The van der Waals surface area contributed by atoms with Gasteiger partial charge in [0.15, 0.2) is 0 Å². The average Bonchev–Trinajstić information content (AvgIpc) is 2.36. The fourth-order valence-electron chi connectivity index (χ4n) is 1.54. The molecule has 19 heavy (non-hydrogen) atoms. The largest absolute Gasteiger partial charge is 0.508 e. The van der Waals surface area contributed by atoms with Gasteiger partial charge in [0.2, 0.25) is 0 Å². The second-order valence-corrected chi connectivity index (χ2v) is 4.84. The smallest absolute Gasteiger partial charge is 0.259 e. The number of nitrogens with one attached hydrogen (secondary N) is 1. The number of benzene rings is 1. The molecule has 0 unspecified atom stereocenters. The van der Waals surface area contributed by atoms with Crippen molar-refractivity contribution in [1.82, 2.24) is 4.98 Å². The molecule has 0 atom stereocenters. The molecule has 0 bridgehead atoms. The molecular weight excluding hydrogens is 310 g/mol. The Labute approximate surface area is 118 Å². The third-order valence-corrected chi connectivity index (χ3v) is 3.38. The highest BCUT2D eigenvalue weighted by Gasteiger charge is 2.12. The van der Waals surface area contributed by atoms with Gasteiger partial charge in [0, 0.05) is 10.2 Å². The van der Waals surface area contributed by atoms with Crippen molar-refractivity contribution in [2.24, 2.45) is 0 Å². The zero-order valence-electron chi connectivity index (χ0n) is 10.1. The van der Waals surface area contributed by atoms with Gasteiger partial charge in [-0.1, -0.05) is 0 Å². The van der Waals surface area contributed by atoms with Crippen LogP contribution in [0.1, 0.15) is 16.1 Å². The number of rotatable bonds is 2. The zero-order chi connectivity index (χ0) is 14.0. The van der Waals surface area contributed by atoms with Gasteiger partial charge in [0.1, 0.15) is 11.6 Å². The molecule has 1 amide bonds. The Bertz CT molecular complexity index is 644. The number of nitrogens with two attached hydrogens (primary N) is 1. The number of aryl methyl sites for hydroxylation is 1. The number of amides is 1. The molecule has 1 heterocycles. The molecule has 0 aliphatic rings. The summed E-state index contributed by atoms with van der Waals surface area (Å²) in [5.41, 5.74) is 6.97. The van der Waals surface area contributed by atoms with Crippen LogP contribution in [0.15, 0.2) is 34.8 Å². The Morgan fingerprint density at radius 1 is 1.37 bits per heavy atom. The third kappa shape index (κ3) is 3.03. The number of anilines is 2. The maximum absolute atomic E-state index is 12.0. The molecule has 0 spiro atoms. The SMILES string of the molecule is Cc1nc(NC(=O)c2cc(O)ccc2N)ccc1Br. The molecule has 0 radical (unpaired) electrons. The first-order chi connectivity index (χ1) is 8.97. The summed E-state index contributed by atoms with van der Waals surface area (Å²) in [4.78, 5) is 16.2. The van der Waals surface area contributed by atoms with Crippen molar-refractivity contribution in [2.75, 3.05) is 11.1 Å². The summed E-state index contributed by atoms with van der Waals surface area (Å²) in [5.74, 6) is -0.00430. The van der Waals surface area contributed by atoms with Gasteiger partial charge < -0.3 is 16.2 Å². The van der Waals surface area contributed by atoms with Crippen LogP contribution < -0.4 is 11.1 Å². The Kier molecular flexibility index (Phi) is 3.71. The van der Waals surface area contributed by atoms with Crippen molar-refractivity contribution in [3.05, 3.63) is 46.1 Å². The highest BCUT2D eigenvalue weighted by molar-refractivity contribution is 9.10.